The Morgan fingerprint density at radius 2 is 1.79 bits per heavy atom. The molecular formula is C16H18BrN3O4. The van der Waals surface area contributed by atoms with Crippen molar-refractivity contribution in [3.8, 4) is 11.3 Å². The van der Waals surface area contributed by atoms with Gasteiger partial charge in [0.15, 0.2) is 6.04 Å². The fourth-order valence-corrected chi connectivity index (χ4v) is 2.77. The van der Waals surface area contributed by atoms with Gasteiger partial charge in [0.25, 0.3) is 0 Å². The molecule has 0 aliphatic carbocycles. The summed E-state index contributed by atoms with van der Waals surface area (Å²) in [5.74, 6) is -0.831. The largest absolute Gasteiger partial charge is 0.468 e. The van der Waals surface area contributed by atoms with Crippen LogP contribution in [0.15, 0.2) is 36.5 Å². The third kappa shape index (κ3) is 4.19. The topological polar surface area (TPSA) is 83.3 Å². The molecule has 0 aliphatic heterocycles. The third-order valence-corrected chi connectivity index (χ3v) is 4.40. The summed E-state index contributed by atoms with van der Waals surface area (Å²) in [5.41, 5.74) is 1.59. The predicted molar refractivity (Wildman–Crippen MR) is 90.5 cm³/mol. The molecule has 128 valence electrons. The van der Waals surface area contributed by atoms with Gasteiger partial charge < -0.3 is 9.47 Å². The molecule has 24 heavy (non-hydrogen) atoms. The molecule has 1 aromatic heterocycles. The van der Waals surface area contributed by atoms with Gasteiger partial charge in [0.05, 0.1) is 26.1 Å². The Balaban J connectivity index is 2.25. The molecular weight excluding hydrogens is 378 g/mol. The number of esters is 2. The maximum absolute atomic E-state index is 12.2. The number of benzene rings is 1. The fourth-order valence-electron chi connectivity index (χ4n) is 2.32. The Bertz CT molecular complexity index is 690. The lowest BCUT2D eigenvalue weighted by Crippen LogP contribution is -2.25. The first-order valence-electron chi connectivity index (χ1n) is 7.33. The van der Waals surface area contributed by atoms with Crippen molar-refractivity contribution in [3.63, 3.8) is 0 Å². The molecule has 1 heterocycles. The van der Waals surface area contributed by atoms with Gasteiger partial charge in [-0.1, -0.05) is 51.5 Å². The van der Waals surface area contributed by atoms with Crippen LogP contribution in [0.3, 0.4) is 0 Å². The molecule has 0 amide bonds. The van der Waals surface area contributed by atoms with Gasteiger partial charge in [-0.2, -0.15) is 0 Å². The van der Waals surface area contributed by atoms with Gasteiger partial charge in [-0.3, -0.25) is 4.79 Å². The van der Waals surface area contributed by atoms with Crippen LogP contribution in [0.25, 0.3) is 11.3 Å². The van der Waals surface area contributed by atoms with E-state index in [1.807, 2.05) is 30.3 Å². The number of methoxy groups -OCH3 is 2. The Kier molecular flexibility index (Phi) is 6.48. The maximum Gasteiger partial charge on any atom is 0.330 e. The van der Waals surface area contributed by atoms with E-state index in [-0.39, 0.29) is 5.97 Å². The molecule has 7 nitrogen and oxygen atoms in total. The molecule has 0 saturated carbocycles. The van der Waals surface area contributed by atoms with Crippen LogP contribution >= 0.6 is 15.9 Å². The van der Waals surface area contributed by atoms with Crippen LogP contribution in [0.2, 0.25) is 0 Å². The zero-order valence-corrected chi connectivity index (χ0v) is 15.0. The second-order valence-corrected chi connectivity index (χ2v) is 6.14. The van der Waals surface area contributed by atoms with Gasteiger partial charge in [0.2, 0.25) is 0 Å². The summed E-state index contributed by atoms with van der Waals surface area (Å²) >= 11 is 3.26. The maximum atomic E-state index is 12.2. The van der Waals surface area contributed by atoms with E-state index in [1.165, 1.54) is 18.9 Å². The normalized spacial score (nSPS) is 13.1. The number of aromatic nitrogens is 3. The number of ether oxygens (including phenoxy) is 2. The zero-order valence-electron chi connectivity index (χ0n) is 13.4. The average Bonchev–Trinajstić information content (AvgIpc) is 3.10. The minimum Gasteiger partial charge on any atom is -0.468 e. The van der Waals surface area contributed by atoms with Crippen molar-refractivity contribution >= 4 is 27.9 Å². The van der Waals surface area contributed by atoms with Gasteiger partial charge >= 0.3 is 11.9 Å². The van der Waals surface area contributed by atoms with Crippen molar-refractivity contribution in [2.75, 3.05) is 14.2 Å². The fraction of sp³-hybridized carbons (Fsp3) is 0.375. The van der Waals surface area contributed by atoms with Crippen LogP contribution < -0.4 is 0 Å². The number of carbonyl (C=O) groups is 2. The summed E-state index contributed by atoms with van der Waals surface area (Å²) in [5, 5.41) is 7.96. The van der Waals surface area contributed by atoms with Crippen LogP contribution in [-0.2, 0) is 19.1 Å². The SMILES string of the molecule is COC(=O)C(Br)CCC(C(=O)OC)n1nncc1-c1ccccc1. The minimum absolute atomic E-state index is 0.348. The highest BCUT2D eigenvalue weighted by Crippen LogP contribution is 2.26. The van der Waals surface area contributed by atoms with Crippen LogP contribution in [0.5, 0.6) is 0 Å². The highest BCUT2D eigenvalue weighted by molar-refractivity contribution is 9.10. The minimum atomic E-state index is -0.683. The monoisotopic (exact) mass is 395 g/mol. The van der Waals surface area contributed by atoms with E-state index < -0.39 is 16.8 Å². The van der Waals surface area contributed by atoms with Crippen molar-refractivity contribution in [1.82, 2.24) is 15.0 Å². The third-order valence-electron chi connectivity index (χ3n) is 3.56. The van der Waals surface area contributed by atoms with Crippen molar-refractivity contribution < 1.29 is 19.1 Å². The first-order valence-corrected chi connectivity index (χ1v) is 8.25. The molecule has 0 aliphatic rings. The van der Waals surface area contributed by atoms with Crippen molar-refractivity contribution in [3.05, 3.63) is 36.5 Å². The van der Waals surface area contributed by atoms with E-state index in [1.54, 1.807) is 6.20 Å². The lowest BCUT2D eigenvalue weighted by molar-refractivity contribution is -0.146. The Morgan fingerprint density at radius 3 is 2.42 bits per heavy atom. The van der Waals surface area contributed by atoms with Gasteiger partial charge in [0.1, 0.15) is 4.83 Å². The Labute approximate surface area is 148 Å². The van der Waals surface area contributed by atoms with E-state index >= 15 is 0 Å². The lowest BCUT2D eigenvalue weighted by atomic mass is 10.1. The quantitative estimate of drug-likeness (QED) is 0.528. The zero-order chi connectivity index (χ0) is 17.5. The highest BCUT2D eigenvalue weighted by Gasteiger charge is 2.27. The molecule has 2 rings (SSSR count). The van der Waals surface area contributed by atoms with Crippen LogP contribution in [0.4, 0.5) is 0 Å². The summed E-state index contributed by atoms with van der Waals surface area (Å²) in [4.78, 5) is 23.2. The molecule has 2 unspecified atom stereocenters. The lowest BCUT2D eigenvalue weighted by Gasteiger charge is -2.18. The van der Waals surface area contributed by atoms with Crippen LogP contribution in [-0.4, -0.2) is 46.0 Å². The molecule has 0 spiro atoms. The number of hydrogen-bond donors (Lipinski definition) is 0. The van der Waals surface area contributed by atoms with Gasteiger partial charge in [0, 0.05) is 5.56 Å². The predicted octanol–water partition coefficient (Wildman–Crippen LogP) is 2.38. The molecule has 2 aromatic rings. The molecule has 8 heteroatoms. The highest BCUT2D eigenvalue weighted by atomic mass is 79.9. The van der Waals surface area contributed by atoms with Crippen molar-refractivity contribution in [2.45, 2.75) is 23.7 Å². The van der Waals surface area contributed by atoms with E-state index in [0.29, 0.717) is 18.5 Å². The molecule has 1 aromatic carbocycles. The molecule has 0 radical (unpaired) electrons. The number of alkyl halides is 1. The summed E-state index contributed by atoms with van der Waals surface area (Å²) in [6.45, 7) is 0. The number of carbonyl (C=O) groups excluding carboxylic acids is 2. The first-order chi connectivity index (χ1) is 11.6. The summed E-state index contributed by atoms with van der Waals surface area (Å²) in [6.07, 6.45) is 2.33. The van der Waals surface area contributed by atoms with Crippen LogP contribution in [0, 0.1) is 0 Å². The van der Waals surface area contributed by atoms with Gasteiger partial charge in [-0.15, -0.1) is 5.10 Å². The van der Waals surface area contributed by atoms with Gasteiger partial charge in [-0.05, 0) is 12.8 Å². The molecule has 0 bridgehead atoms. The Hall–Kier alpha value is -2.22. The van der Waals surface area contributed by atoms with Crippen molar-refractivity contribution in [2.24, 2.45) is 0 Å². The molecule has 0 saturated heterocycles. The Morgan fingerprint density at radius 1 is 1.12 bits per heavy atom. The summed E-state index contributed by atoms with van der Waals surface area (Å²) < 4.78 is 11.1. The number of rotatable bonds is 7. The first kappa shape index (κ1) is 18.1. The van der Waals surface area contributed by atoms with Gasteiger partial charge in [-0.25, -0.2) is 9.48 Å². The number of nitrogens with zero attached hydrogens (tertiary/aromatic N) is 3. The summed E-state index contributed by atoms with van der Waals surface area (Å²) in [6, 6.07) is 8.83. The van der Waals surface area contributed by atoms with E-state index in [2.05, 4.69) is 31.0 Å². The number of halogens is 1. The van der Waals surface area contributed by atoms with Crippen LogP contribution in [0.1, 0.15) is 18.9 Å². The molecule has 2 atom stereocenters. The van der Waals surface area contributed by atoms with Crippen molar-refractivity contribution in [1.29, 1.82) is 0 Å². The summed E-state index contributed by atoms with van der Waals surface area (Å²) in [7, 11) is 2.64. The second-order valence-electron chi connectivity index (χ2n) is 5.04. The van der Waals surface area contributed by atoms with E-state index in [0.717, 1.165) is 5.56 Å². The number of hydrogen-bond acceptors (Lipinski definition) is 6. The van der Waals surface area contributed by atoms with E-state index in [4.69, 9.17) is 4.74 Å². The molecule has 0 N–H and O–H groups in total. The smallest absolute Gasteiger partial charge is 0.330 e. The standard InChI is InChI=1S/C16H18BrN3O4/c1-23-15(21)12(17)8-9-13(16(22)24-2)20-14(10-18-19-20)11-6-4-3-5-7-11/h3-7,10,12-13H,8-9H2,1-2H3. The average molecular weight is 396 g/mol. The second kappa shape index (κ2) is 8.58. The van der Waals surface area contributed by atoms with E-state index in [9.17, 15) is 9.59 Å². The molecule has 0 fully saturated rings.